The minimum atomic E-state index is -0.111. The molecule has 1 aromatic carbocycles. The van der Waals surface area contributed by atoms with Crippen LogP contribution in [0.15, 0.2) is 33.7 Å². The van der Waals surface area contributed by atoms with Crippen molar-refractivity contribution in [3.05, 3.63) is 24.3 Å². The first-order chi connectivity index (χ1) is 8.65. The van der Waals surface area contributed by atoms with Gasteiger partial charge >= 0.3 is 0 Å². The summed E-state index contributed by atoms with van der Waals surface area (Å²) in [6.45, 7) is 3.67. The van der Waals surface area contributed by atoms with Gasteiger partial charge in [0, 0.05) is 5.71 Å². The second-order valence-corrected chi connectivity index (χ2v) is 6.08. The Hall–Kier alpha value is -1.40. The number of nitrogens with one attached hydrogen (secondary N) is 1. The standard InChI is InChI=1S/C12H13N3OS2/c1-8(2)14-15-11(16)7-17-12-13-9-5-3-4-6-10(9)18-12/h3-6H,7H2,1-2H3,(H,15,16). The molecule has 1 heterocycles. The Morgan fingerprint density at radius 2 is 2.22 bits per heavy atom. The summed E-state index contributed by atoms with van der Waals surface area (Å²) in [6.07, 6.45) is 0. The third-order valence-corrected chi connectivity index (χ3v) is 4.18. The number of nitrogens with zero attached hydrogens (tertiary/aromatic N) is 2. The topological polar surface area (TPSA) is 54.4 Å². The molecular weight excluding hydrogens is 266 g/mol. The number of amides is 1. The van der Waals surface area contributed by atoms with Gasteiger partial charge in [0.25, 0.3) is 5.91 Å². The van der Waals surface area contributed by atoms with Crippen LogP contribution >= 0.6 is 23.1 Å². The number of carbonyl (C=O) groups is 1. The Bertz CT molecular complexity index is 555. The number of aromatic nitrogens is 1. The van der Waals surface area contributed by atoms with Crippen LogP contribution in [0, 0.1) is 0 Å². The second kappa shape index (κ2) is 5.97. The van der Waals surface area contributed by atoms with Crippen LogP contribution in [0.3, 0.4) is 0 Å². The Balaban J connectivity index is 1.94. The summed E-state index contributed by atoms with van der Waals surface area (Å²) < 4.78 is 2.05. The molecule has 0 saturated heterocycles. The molecule has 0 spiro atoms. The fraction of sp³-hybridized carbons (Fsp3) is 0.250. The zero-order valence-corrected chi connectivity index (χ0v) is 11.8. The van der Waals surface area contributed by atoms with Crippen molar-refractivity contribution in [2.24, 2.45) is 5.10 Å². The quantitative estimate of drug-likeness (QED) is 0.532. The lowest BCUT2D eigenvalue weighted by atomic mass is 10.3. The Kier molecular flexibility index (Phi) is 4.33. The van der Waals surface area contributed by atoms with E-state index in [1.54, 1.807) is 11.3 Å². The van der Waals surface area contributed by atoms with Crippen LogP contribution in [-0.2, 0) is 4.79 Å². The molecule has 2 rings (SSSR count). The third kappa shape index (κ3) is 3.54. The number of benzene rings is 1. The molecule has 0 unspecified atom stereocenters. The maximum absolute atomic E-state index is 11.5. The highest BCUT2D eigenvalue weighted by Crippen LogP contribution is 2.28. The first-order valence-corrected chi connectivity index (χ1v) is 7.23. The Morgan fingerprint density at radius 3 is 2.94 bits per heavy atom. The highest BCUT2D eigenvalue weighted by Gasteiger charge is 2.06. The van der Waals surface area contributed by atoms with Crippen molar-refractivity contribution in [3.63, 3.8) is 0 Å². The maximum atomic E-state index is 11.5. The molecular formula is C12H13N3OS2. The average Bonchev–Trinajstić information content (AvgIpc) is 2.76. The van der Waals surface area contributed by atoms with E-state index in [2.05, 4.69) is 15.5 Å². The molecule has 1 aromatic heterocycles. The first kappa shape index (κ1) is 13.0. The van der Waals surface area contributed by atoms with Crippen LogP contribution in [0.5, 0.6) is 0 Å². The number of rotatable bonds is 4. The molecule has 6 heteroatoms. The number of hydrogen-bond acceptors (Lipinski definition) is 5. The van der Waals surface area contributed by atoms with Crippen LogP contribution in [0.1, 0.15) is 13.8 Å². The van der Waals surface area contributed by atoms with Gasteiger partial charge in [0.05, 0.1) is 16.0 Å². The van der Waals surface area contributed by atoms with Crippen molar-refractivity contribution in [3.8, 4) is 0 Å². The zero-order valence-electron chi connectivity index (χ0n) is 10.1. The van der Waals surface area contributed by atoms with E-state index in [1.165, 1.54) is 11.8 Å². The van der Waals surface area contributed by atoms with E-state index in [0.717, 1.165) is 20.3 Å². The number of thioether (sulfide) groups is 1. The van der Waals surface area contributed by atoms with Crippen molar-refractivity contribution < 1.29 is 4.79 Å². The normalized spacial score (nSPS) is 10.3. The van der Waals surface area contributed by atoms with Crippen molar-refractivity contribution in [2.75, 3.05) is 5.75 Å². The molecule has 4 nitrogen and oxygen atoms in total. The lowest BCUT2D eigenvalue weighted by molar-refractivity contribution is -0.118. The van der Waals surface area contributed by atoms with Gasteiger partial charge in [0.1, 0.15) is 0 Å². The summed E-state index contributed by atoms with van der Waals surface area (Å²) in [5.41, 5.74) is 4.30. The minimum absolute atomic E-state index is 0.111. The molecule has 0 atom stereocenters. The van der Waals surface area contributed by atoms with Crippen LogP contribution < -0.4 is 5.43 Å². The van der Waals surface area contributed by atoms with Crippen molar-refractivity contribution >= 4 is 44.9 Å². The molecule has 1 amide bonds. The SMILES string of the molecule is CC(C)=NNC(=O)CSc1nc2ccccc2s1. The number of hydrogen-bond donors (Lipinski definition) is 1. The lowest BCUT2D eigenvalue weighted by Crippen LogP contribution is -2.20. The van der Waals surface area contributed by atoms with Gasteiger partial charge in [-0.15, -0.1) is 11.3 Å². The molecule has 1 N–H and O–H groups in total. The van der Waals surface area contributed by atoms with Gasteiger partial charge in [0.2, 0.25) is 0 Å². The molecule has 0 aliphatic carbocycles. The van der Waals surface area contributed by atoms with Gasteiger partial charge in [-0.3, -0.25) is 4.79 Å². The minimum Gasteiger partial charge on any atom is -0.272 e. The maximum Gasteiger partial charge on any atom is 0.250 e. The monoisotopic (exact) mass is 279 g/mol. The summed E-state index contributed by atoms with van der Waals surface area (Å²) in [7, 11) is 0. The second-order valence-electron chi connectivity index (χ2n) is 3.83. The predicted molar refractivity (Wildman–Crippen MR) is 77.3 cm³/mol. The van der Waals surface area contributed by atoms with Gasteiger partial charge in [-0.05, 0) is 26.0 Å². The molecule has 94 valence electrons. The molecule has 0 aliphatic heterocycles. The van der Waals surface area contributed by atoms with E-state index < -0.39 is 0 Å². The van der Waals surface area contributed by atoms with E-state index in [-0.39, 0.29) is 5.91 Å². The van der Waals surface area contributed by atoms with Gasteiger partial charge in [-0.2, -0.15) is 5.10 Å². The van der Waals surface area contributed by atoms with Gasteiger partial charge in [0.15, 0.2) is 4.34 Å². The van der Waals surface area contributed by atoms with E-state index in [9.17, 15) is 4.79 Å². The molecule has 0 aliphatic rings. The first-order valence-electron chi connectivity index (χ1n) is 5.43. The number of thiazole rings is 1. The molecule has 0 saturated carbocycles. The number of hydrazone groups is 1. The highest BCUT2D eigenvalue weighted by molar-refractivity contribution is 8.01. The molecule has 0 bridgehead atoms. The highest BCUT2D eigenvalue weighted by atomic mass is 32.2. The summed E-state index contributed by atoms with van der Waals surface area (Å²) >= 11 is 3.03. The zero-order chi connectivity index (χ0) is 13.0. The third-order valence-electron chi connectivity index (χ3n) is 2.01. The van der Waals surface area contributed by atoms with E-state index >= 15 is 0 Å². The summed E-state index contributed by atoms with van der Waals surface area (Å²) in [6, 6.07) is 7.95. The Morgan fingerprint density at radius 1 is 1.44 bits per heavy atom. The van der Waals surface area contributed by atoms with Crippen LogP contribution in [-0.4, -0.2) is 22.4 Å². The fourth-order valence-corrected chi connectivity index (χ4v) is 3.11. The molecule has 2 aromatic rings. The smallest absolute Gasteiger partial charge is 0.250 e. The average molecular weight is 279 g/mol. The fourth-order valence-electron chi connectivity index (χ4n) is 1.25. The van der Waals surface area contributed by atoms with Crippen LogP contribution in [0.25, 0.3) is 10.2 Å². The summed E-state index contributed by atoms with van der Waals surface area (Å²) in [5, 5.41) is 3.87. The van der Waals surface area contributed by atoms with Crippen molar-refractivity contribution in [1.29, 1.82) is 0 Å². The van der Waals surface area contributed by atoms with Gasteiger partial charge in [-0.25, -0.2) is 10.4 Å². The van der Waals surface area contributed by atoms with Gasteiger partial charge < -0.3 is 0 Å². The lowest BCUT2D eigenvalue weighted by Gasteiger charge is -1.97. The predicted octanol–water partition coefficient (Wildman–Crippen LogP) is 2.90. The van der Waals surface area contributed by atoms with Gasteiger partial charge in [-0.1, -0.05) is 23.9 Å². The van der Waals surface area contributed by atoms with Crippen molar-refractivity contribution in [2.45, 2.75) is 18.2 Å². The number of para-hydroxylation sites is 1. The van der Waals surface area contributed by atoms with Crippen LogP contribution in [0.4, 0.5) is 0 Å². The number of carbonyl (C=O) groups excluding carboxylic acids is 1. The van der Waals surface area contributed by atoms with E-state index in [0.29, 0.717) is 5.75 Å². The van der Waals surface area contributed by atoms with E-state index in [4.69, 9.17) is 0 Å². The molecule has 18 heavy (non-hydrogen) atoms. The largest absolute Gasteiger partial charge is 0.272 e. The van der Waals surface area contributed by atoms with Crippen LogP contribution in [0.2, 0.25) is 0 Å². The summed E-state index contributed by atoms with van der Waals surface area (Å²) in [5.74, 6) is 0.219. The molecule has 0 radical (unpaired) electrons. The summed E-state index contributed by atoms with van der Waals surface area (Å²) in [4.78, 5) is 15.9. The Labute approximate surface area is 113 Å². The number of fused-ring (bicyclic) bond motifs is 1. The molecule has 0 fully saturated rings. The van der Waals surface area contributed by atoms with Crippen molar-refractivity contribution in [1.82, 2.24) is 10.4 Å². The van der Waals surface area contributed by atoms with E-state index in [1.807, 2.05) is 38.1 Å².